The van der Waals surface area contributed by atoms with Gasteiger partial charge in [-0.3, -0.25) is 4.79 Å². The van der Waals surface area contributed by atoms with Crippen LogP contribution in [-0.4, -0.2) is 25.1 Å². The summed E-state index contributed by atoms with van der Waals surface area (Å²) in [5.74, 6) is -0.0618. The standard InChI is InChI=1S/C21H26N2O2/c1-25-14-16-8-10-17(11-9-16)18-6-2-3-7-19(18)20(24)23-15-21(22)12-4-5-13-21/h2-3,6-11H,4-5,12-15,22H2,1H3,(H,23,24). The topological polar surface area (TPSA) is 64.3 Å². The third-order valence-electron chi connectivity index (χ3n) is 4.95. The van der Waals surface area contributed by atoms with E-state index < -0.39 is 0 Å². The average molecular weight is 338 g/mol. The Bertz CT molecular complexity index is 719. The zero-order valence-corrected chi connectivity index (χ0v) is 14.8. The minimum absolute atomic E-state index is 0.0618. The molecule has 1 amide bonds. The minimum atomic E-state index is -0.244. The molecule has 0 atom stereocenters. The van der Waals surface area contributed by atoms with Crippen LogP contribution >= 0.6 is 0 Å². The second-order valence-electron chi connectivity index (χ2n) is 6.93. The maximum atomic E-state index is 12.7. The fourth-order valence-corrected chi connectivity index (χ4v) is 3.49. The molecular weight excluding hydrogens is 312 g/mol. The number of amides is 1. The number of methoxy groups -OCH3 is 1. The van der Waals surface area contributed by atoms with Gasteiger partial charge in [0.1, 0.15) is 0 Å². The maximum Gasteiger partial charge on any atom is 0.251 e. The van der Waals surface area contributed by atoms with E-state index in [1.807, 2.05) is 48.5 Å². The molecule has 0 spiro atoms. The van der Waals surface area contributed by atoms with Gasteiger partial charge in [-0.15, -0.1) is 0 Å². The fraction of sp³-hybridized carbons (Fsp3) is 0.381. The molecule has 3 N–H and O–H groups in total. The van der Waals surface area contributed by atoms with Crippen LogP contribution in [-0.2, 0) is 11.3 Å². The van der Waals surface area contributed by atoms with Crippen LogP contribution in [0.1, 0.15) is 41.6 Å². The molecule has 3 rings (SSSR count). The predicted molar refractivity (Wildman–Crippen MR) is 100 cm³/mol. The third kappa shape index (κ3) is 4.27. The molecular formula is C21H26N2O2. The van der Waals surface area contributed by atoms with Crippen LogP contribution in [0.4, 0.5) is 0 Å². The molecule has 25 heavy (non-hydrogen) atoms. The average Bonchev–Trinajstić information content (AvgIpc) is 3.08. The van der Waals surface area contributed by atoms with Crippen molar-refractivity contribution >= 4 is 5.91 Å². The first-order valence-electron chi connectivity index (χ1n) is 8.86. The second-order valence-corrected chi connectivity index (χ2v) is 6.93. The normalized spacial score (nSPS) is 15.9. The van der Waals surface area contributed by atoms with Crippen LogP contribution in [0.25, 0.3) is 11.1 Å². The maximum absolute atomic E-state index is 12.7. The van der Waals surface area contributed by atoms with Crippen molar-refractivity contribution in [2.24, 2.45) is 5.73 Å². The molecule has 4 nitrogen and oxygen atoms in total. The number of hydrogen-bond acceptors (Lipinski definition) is 3. The van der Waals surface area contributed by atoms with E-state index in [0.717, 1.165) is 42.4 Å². The summed E-state index contributed by atoms with van der Waals surface area (Å²) < 4.78 is 5.15. The summed E-state index contributed by atoms with van der Waals surface area (Å²) in [5.41, 5.74) is 9.86. The number of nitrogens with two attached hydrogens (primary N) is 1. The molecule has 1 aliphatic rings. The van der Waals surface area contributed by atoms with Crippen molar-refractivity contribution in [1.82, 2.24) is 5.32 Å². The van der Waals surface area contributed by atoms with Crippen molar-refractivity contribution in [1.29, 1.82) is 0 Å². The van der Waals surface area contributed by atoms with E-state index in [9.17, 15) is 4.79 Å². The van der Waals surface area contributed by atoms with Gasteiger partial charge in [-0.1, -0.05) is 55.3 Å². The fourth-order valence-electron chi connectivity index (χ4n) is 3.49. The van der Waals surface area contributed by atoms with E-state index in [1.54, 1.807) is 7.11 Å². The summed E-state index contributed by atoms with van der Waals surface area (Å²) in [6.07, 6.45) is 4.26. The summed E-state index contributed by atoms with van der Waals surface area (Å²) in [7, 11) is 1.68. The second kappa shape index (κ2) is 7.81. The first-order chi connectivity index (χ1) is 12.1. The van der Waals surface area contributed by atoms with Gasteiger partial charge in [0.2, 0.25) is 0 Å². The van der Waals surface area contributed by atoms with Gasteiger partial charge >= 0.3 is 0 Å². The summed E-state index contributed by atoms with van der Waals surface area (Å²) in [6.45, 7) is 1.12. The van der Waals surface area contributed by atoms with Crippen LogP contribution in [0.2, 0.25) is 0 Å². The Kier molecular flexibility index (Phi) is 5.51. The molecule has 0 aromatic heterocycles. The lowest BCUT2D eigenvalue weighted by atomic mass is 9.97. The highest BCUT2D eigenvalue weighted by atomic mass is 16.5. The smallest absolute Gasteiger partial charge is 0.251 e. The summed E-state index contributed by atoms with van der Waals surface area (Å²) >= 11 is 0. The van der Waals surface area contributed by atoms with Crippen molar-refractivity contribution < 1.29 is 9.53 Å². The highest BCUT2D eigenvalue weighted by Gasteiger charge is 2.29. The quantitative estimate of drug-likeness (QED) is 0.847. The number of benzene rings is 2. The number of rotatable bonds is 6. The highest BCUT2D eigenvalue weighted by Crippen LogP contribution is 2.27. The summed E-state index contributed by atoms with van der Waals surface area (Å²) in [5, 5.41) is 3.04. The van der Waals surface area contributed by atoms with Crippen molar-refractivity contribution in [2.45, 2.75) is 37.8 Å². The highest BCUT2D eigenvalue weighted by molar-refractivity contribution is 6.00. The zero-order chi connectivity index (χ0) is 17.7. The Morgan fingerprint density at radius 3 is 2.48 bits per heavy atom. The van der Waals surface area contributed by atoms with Gasteiger partial charge in [-0.05, 0) is 35.6 Å². The van der Waals surface area contributed by atoms with Crippen LogP contribution in [0.5, 0.6) is 0 Å². The molecule has 0 heterocycles. The molecule has 1 aliphatic carbocycles. The summed E-state index contributed by atoms with van der Waals surface area (Å²) in [6, 6.07) is 15.8. The molecule has 0 unspecified atom stereocenters. The van der Waals surface area contributed by atoms with Gasteiger partial charge in [0.15, 0.2) is 0 Å². The SMILES string of the molecule is COCc1ccc(-c2ccccc2C(=O)NCC2(N)CCCC2)cc1. The molecule has 2 aromatic carbocycles. The van der Waals surface area contributed by atoms with Crippen molar-refractivity contribution in [3.8, 4) is 11.1 Å². The molecule has 0 bridgehead atoms. The van der Waals surface area contributed by atoms with Crippen molar-refractivity contribution in [2.75, 3.05) is 13.7 Å². The van der Waals surface area contributed by atoms with Crippen molar-refractivity contribution in [3.05, 3.63) is 59.7 Å². The van der Waals surface area contributed by atoms with E-state index in [0.29, 0.717) is 18.7 Å². The molecule has 4 heteroatoms. The van der Waals surface area contributed by atoms with E-state index in [-0.39, 0.29) is 11.4 Å². The molecule has 1 fully saturated rings. The van der Waals surface area contributed by atoms with Gasteiger partial charge in [-0.2, -0.15) is 0 Å². The zero-order valence-electron chi connectivity index (χ0n) is 14.8. The lowest BCUT2D eigenvalue weighted by molar-refractivity contribution is 0.0944. The van der Waals surface area contributed by atoms with Crippen LogP contribution in [0, 0.1) is 0 Å². The molecule has 2 aromatic rings. The van der Waals surface area contributed by atoms with Gasteiger partial charge in [0.25, 0.3) is 5.91 Å². The molecule has 0 saturated heterocycles. The Labute approximate surface area is 149 Å². The minimum Gasteiger partial charge on any atom is -0.380 e. The van der Waals surface area contributed by atoms with Crippen LogP contribution < -0.4 is 11.1 Å². The predicted octanol–water partition coefficient (Wildman–Crippen LogP) is 3.50. The number of ether oxygens (including phenoxy) is 1. The van der Waals surface area contributed by atoms with Gasteiger partial charge in [0.05, 0.1) is 6.61 Å². The van der Waals surface area contributed by atoms with Crippen LogP contribution in [0.15, 0.2) is 48.5 Å². The number of nitrogens with one attached hydrogen (secondary N) is 1. The first-order valence-corrected chi connectivity index (χ1v) is 8.86. The Morgan fingerprint density at radius 2 is 1.80 bits per heavy atom. The largest absolute Gasteiger partial charge is 0.380 e. The van der Waals surface area contributed by atoms with Gasteiger partial charge < -0.3 is 15.8 Å². The number of carbonyl (C=O) groups is 1. The monoisotopic (exact) mass is 338 g/mol. The molecule has 0 aliphatic heterocycles. The number of hydrogen-bond donors (Lipinski definition) is 2. The molecule has 1 saturated carbocycles. The Morgan fingerprint density at radius 1 is 1.12 bits per heavy atom. The third-order valence-corrected chi connectivity index (χ3v) is 4.95. The summed E-state index contributed by atoms with van der Waals surface area (Å²) in [4.78, 5) is 12.7. The van der Waals surface area contributed by atoms with Gasteiger partial charge in [0, 0.05) is 24.8 Å². The molecule has 0 radical (unpaired) electrons. The number of carbonyl (C=O) groups excluding carboxylic acids is 1. The molecule has 132 valence electrons. The van der Waals surface area contributed by atoms with E-state index >= 15 is 0 Å². The van der Waals surface area contributed by atoms with Crippen molar-refractivity contribution in [3.63, 3.8) is 0 Å². The van der Waals surface area contributed by atoms with E-state index in [4.69, 9.17) is 10.5 Å². The van der Waals surface area contributed by atoms with Gasteiger partial charge in [-0.25, -0.2) is 0 Å². The Hall–Kier alpha value is -2.17. The van der Waals surface area contributed by atoms with E-state index in [1.165, 1.54) is 0 Å². The van der Waals surface area contributed by atoms with E-state index in [2.05, 4.69) is 5.32 Å². The Balaban J connectivity index is 1.76. The lowest BCUT2D eigenvalue weighted by Gasteiger charge is -2.24. The lowest BCUT2D eigenvalue weighted by Crippen LogP contribution is -2.48. The van der Waals surface area contributed by atoms with Crippen LogP contribution in [0.3, 0.4) is 0 Å². The first kappa shape index (κ1) is 17.6.